The van der Waals surface area contributed by atoms with Gasteiger partial charge in [-0.1, -0.05) is 23.2 Å². The highest BCUT2D eigenvalue weighted by Crippen LogP contribution is 2.37. The van der Waals surface area contributed by atoms with Gasteiger partial charge in [0.15, 0.2) is 16.8 Å². The van der Waals surface area contributed by atoms with Crippen LogP contribution in [0.2, 0.25) is 10.2 Å². The van der Waals surface area contributed by atoms with Crippen molar-refractivity contribution < 1.29 is 98.7 Å². The molecule has 2 aromatic heterocycles. The van der Waals surface area contributed by atoms with Gasteiger partial charge in [0, 0.05) is 19.2 Å². The molecule has 392 valence electrons. The Bertz CT molecular complexity index is 2690. The van der Waals surface area contributed by atoms with E-state index in [1.54, 1.807) is 4.72 Å². The zero-order valence-electron chi connectivity index (χ0n) is 37.6. The number of nitrogens with one attached hydrogen (secondary N) is 3. The van der Waals surface area contributed by atoms with Crippen LogP contribution in [-0.2, 0) is 57.8 Å². The summed E-state index contributed by atoms with van der Waals surface area (Å²) in [4.78, 5) is 92.4. The van der Waals surface area contributed by atoms with Crippen molar-refractivity contribution >= 4 is 93.3 Å². The number of rotatable bonds is 17. The molecule has 0 radical (unpaired) electrons. The minimum Gasteiger partial charge on any atom is -0.778 e. The lowest BCUT2D eigenvalue weighted by atomic mass is 10.1. The van der Waals surface area contributed by atoms with Crippen LogP contribution in [0, 0.1) is 10.1 Å². The minimum absolute atomic E-state index is 0.0478. The summed E-state index contributed by atoms with van der Waals surface area (Å²) < 4.78 is 99.6. The van der Waals surface area contributed by atoms with Gasteiger partial charge in [0.2, 0.25) is 17.7 Å². The predicted molar refractivity (Wildman–Crippen MR) is 242 cm³/mol. The number of nitrogens with zero attached hydrogens (tertiary/aromatic N) is 5. The number of hydrogen-bond donors (Lipinski definition) is 6. The number of aryl methyl sites for hydroxylation is 1. The molecule has 0 bridgehead atoms. The molecule has 0 saturated carbocycles. The molecule has 0 spiro atoms. The summed E-state index contributed by atoms with van der Waals surface area (Å²) in [6.45, 7) is 0.345. The SMILES string of the molecule is CCOC(=O)COC(=O)c1cc(Oc2ccc(C(F)(F)F)cc2Cl)ccc1[N+](=O)[O-].COc1cc(OC)nc(NC(=O)NS(=O)(=O)c2c(C(=O)O)c(Cl)nn2C)n1.C[S+](C)C.O=C(O)CNCP(=O)([O-])O. The zero-order chi connectivity index (χ0) is 54.6. The van der Waals surface area contributed by atoms with Crippen molar-refractivity contribution in [3.05, 3.63) is 79.4 Å². The lowest BCUT2D eigenvalue weighted by Crippen LogP contribution is -2.36. The molecule has 35 heteroatoms. The average molecular weight is 1110 g/mol. The third kappa shape index (κ3) is 22.4. The highest BCUT2D eigenvalue weighted by Gasteiger charge is 2.33. The minimum atomic E-state index is -4.64. The third-order valence-electron chi connectivity index (χ3n) is 7.06. The number of carboxylic acid groups (broad SMARTS) is 2. The van der Waals surface area contributed by atoms with Gasteiger partial charge in [-0.3, -0.25) is 30.2 Å². The summed E-state index contributed by atoms with van der Waals surface area (Å²) >= 11 is 11.4. The number of aliphatic carboxylic acids is 1. The highest BCUT2D eigenvalue weighted by molar-refractivity contribution is 7.94. The van der Waals surface area contributed by atoms with Crippen molar-refractivity contribution in [2.45, 2.75) is 18.1 Å². The number of aromatic carboxylic acids is 1. The van der Waals surface area contributed by atoms with Gasteiger partial charge in [0.1, 0.15) is 30.2 Å². The van der Waals surface area contributed by atoms with Crippen molar-refractivity contribution in [2.75, 3.05) is 64.3 Å². The van der Waals surface area contributed by atoms with Crippen LogP contribution in [-0.4, -0.2) is 137 Å². The number of halogens is 5. The Morgan fingerprint density at radius 1 is 0.972 bits per heavy atom. The number of aromatic nitrogens is 4. The Hall–Kier alpha value is -6.54. The van der Waals surface area contributed by atoms with Gasteiger partial charge in [0.05, 0.1) is 74.0 Å². The summed E-state index contributed by atoms with van der Waals surface area (Å²) in [7, 11) is -4.57. The van der Waals surface area contributed by atoms with E-state index in [1.807, 2.05) is 5.32 Å². The van der Waals surface area contributed by atoms with E-state index < -0.39 is 111 Å². The molecule has 2 aromatic carbocycles. The number of benzene rings is 2. The van der Waals surface area contributed by atoms with Crippen LogP contribution in [0.1, 0.15) is 33.2 Å². The van der Waals surface area contributed by atoms with Gasteiger partial charge in [-0.05, 0) is 42.1 Å². The molecule has 1 atom stereocenters. The molecule has 0 saturated heterocycles. The molecule has 0 aliphatic carbocycles. The molecular weight excluding hydrogens is 1070 g/mol. The van der Waals surface area contributed by atoms with Gasteiger partial charge in [-0.2, -0.15) is 36.7 Å². The number of methoxy groups -OCH3 is 2. The number of alkyl halides is 3. The first-order valence-electron chi connectivity index (χ1n) is 18.6. The summed E-state index contributed by atoms with van der Waals surface area (Å²) in [5, 5.41) is 34.1. The van der Waals surface area contributed by atoms with Gasteiger partial charge in [0.25, 0.3) is 15.7 Å². The molecule has 4 aromatic rings. The number of carbonyl (C=O) groups excluding carboxylic acids is 3. The molecule has 27 nitrogen and oxygen atoms in total. The number of carbonyl (C=O) groups is 5. The zero-order valence-corrected chi connectivity index (χ0v) is 41.7. The average Bonchev–Trinajstić information content (AvgIpc) is 3.56. The maximum atomic E-state index is 12.7. The number of hydrogen-bond acceptors (Lipinski definition) is 20. The Kier molecular flexibility index (Phi) is 24.9. The molecule has 2 heterocycles. The van der Waals surface area contributed by atoms with E-state index >= 15 is 0 Å². The van der Waals surface area contributed by atoms with Crippen molar-refractivity contribution in [3.8, 4) is 23.3 Å². The first-order valence-corrected chi connectivity index (χ1v) is 25.1. The largest absolute Gasteiger partial charge is 0.778 e. The van der Waals surface area contributed by atoms with Crippen molar-refractivity contribution in [1.82, 2.24) is 29.8 Å². The van der Waals surface area contributed by atoms with E-state index in [1.165, 1.54) is 27.2 Å². The molecule has 6 N–H and O–H groups in total. The summed E-state index contributed by atoms with van der Waals surface area (Å²) in [5.41, 5.74) is -2.94. The Morgan fingerprint density at radius 3 is 2.01 bits per heavy atom. The number of esters is 2. The lowest BCUT2D eigenvalue weighted by Gasteiger charge is -2.14. The number of ether oxygens (including phenoxy) is 5. The number of nitro benzene ring substituents is 1. The van der Waals surface area contributed by atoms with E-state index in [0.717, 1.165) is 37.4 Å². The van der Waals surface area contributed by atoms with Gasteiger partial charge in [-0.15, -0.1) is 0 Å². The topological polar surface area (TPSA) is 389 Å². The predicted octanol–water partition coefficient (Wildman–Crippen LogP) is 3.53. The fourth-order valence-electron chi connectivity index (χ4n) is 4.43. The summed E-state index contributed by atoms with van der Waals surface area (Å²) in [6.07, 6.45) is 1.27. The molecule has 0 fully saturated rings. The van der Waals surface area contributed by atoms with E-state index in [2.05, 4.69) is 43.9 Å². The Morgan fingerprint density at radius 2 is 1.55 bits per heavy atom. The first-order chi connectivity index (χ1) is 32.8. The standard InChI is InChI=1S/C18H13ClF3NO7.C12H13ClN6O7S.C3H8NO5P.C3H9S/c1-2-28-16(24)9-29-17(25)12-8-11(4-5-14(12)23(26)27)30-15-6-3-10(7-13(15)19)18(20,21)22;1-19-9(7(10(20)21)8(13)17-19)27(23,24)18-12(22)16-11-14-5(25-2)4-6(15-11)26-3;5-3(6)1-4-2-10(7,8)9;1-4(2)3/h3-8H,2,9H2,1H3;4H,1-3H3,(H,20,21)(H2,14,15,16,18,22);4H,1-2H2,(H,5,6)(H2,7,8,9);1-3H3/q;;;+1/p-1. The Balaban J connectivity index is 0.000000563. The number of carboxylic acids is 2. The number of amides is 2. The molecule has 1 unspecified atom stereocenters. The quantitative estimate of drug-likeness (QED) is 0.0289. The highest BCUT2D eigenvalue weighted by atomic mass is 35.5. The van der Waals surface area contributed by atoms with E-state index in [9.17, 15) is 65.1 Å². The van der Waals surface area contributed by atoms with Crippen LogP contribution in [0.4, 0.5) is 29.6 Å². The molecule has 2 amide bonds. The first kappa shape index (κ1) is 62.5. The third-order valence-corrected chi connectivity index (χ3v) is 9.67. The number of nitro groups is 1. The van der Waals surface area contributed by atoms with Crippen LogP contribution in [0.5, 0.6) is 23.3 Å². The second kappa shape index (κ2) is 28.3. The summed E-state index contributed by atoms with van der Waals surface area (Å²) in [5.74, 6) is -5.38. The van der Waals surface area contributed by atoms with Crippen LogP contribution >= 0.6 is 30.8 Å². The van der Waals surface area contributed by atoms with Gasteiger partial charge < -0.3 is 48.2 Å². The molecular formula is C36H42Cl2F3N8O19PS2. The van der Waals surface area contributed by atoms with Crippen molar-refractivity contribution in [1.29, 1.82) is 0 Å². The van der Waals surface area contributed by atoms with E-state index in [0.29, 0.717) is 21.6 Å². The van der Waals surface area contributed by atoms with E-state index in [4.69, 9.17) is 57.3 Å². The molecule has 71 heavy (non-hydrogen) atoms. The number of sulfonamides is 1. The van der Waals surface area contributed by atoms with Crippen LogP contribution in [0.25, 0.3) is 0 Å². The number of urea groups is 1. The van der Waals surface area contributed by atoms with Crippen LogP contribution in [0.3, 0.4) is 0 Å². The van der Waals surface area contributed by atoms with E-state index in [-0.39, 0.29) is 40.8 Å². The Labute approximate surface area is 412 Å². The smallest absolute Gasteiger partial charge is 0.416 e. The monoisotopic (exact) mass is 1110 g/mol. The van der Waals surface area contributed by atoms with Crippen LogP contribution < -0.4 is 34.5 Å². The van der Waals surface area contributed by atoms with Gasteiger partial charge in [-0.25, -0.2) is 23.9 Å². The normalized spacial score (nSPS) is 11.6. The second-order valence-corrected chi connectivity index (χ2v) is 19.5. The van der Waals surface area contributed by atoms with Crippen molar-refractivity contribution in [3.63, 3.8) is 0 Å². The van der Waals surface area contributed by atoms with Gasteiger partial charge >= 0.3 is 36.1 Å². The fraction of sp³-hybridized carbons (Fsp3) is 0.333. The van der Waals surface area contributed by atoms with Crippen molar-refractivity contribution in [2.24, 2.45) is 7.05 Å². The molecule has 0 aliphatic rings. The second-order valence-electron chi connectivity index (χ2n) is 13.1. The maximum absolute atomic E-state index is 12.7. The molecule has 4 rings (SSSR count). The van der Waals surface area contributed by atoms with Crippen LogP contribution in [0.15, 0.2) is 47.5 Å². The maximum Gasteiger partial charge on any atom is 0.416 e. The number of anilines is 1. The summed E-state index contributed by atoms with van der Waals surface area (Å²) in [6, 6.07) is 5.42. The molecule has 0 aliphatic heterocycles. The fourth-order valence-corrected chi connectivity index (χ4v) is 6.62. The lowest BCUT2D eigenvalue weighted by molar-refractivity contribution is -0.385.